The third kappa shape index (κ3) is 5.60. The molecule has 3 aromatic carbocycles. The predicted molar refractivity (Wildman–Crippen MR) is 152 cm³/mol. The van der Waals surface area contributed by atoms with Crippen molar-refractivity contribution in [2.75, 3.05) is 12.4 Å². The first-order valence-electron chi connectivity index (χ1n) is 13.2. The summed E-state index contributed by atoms with van der Waals surface area (Å²) in [5.41, 5.74) is 5.10. The van der Waals surface area contributed by atoms with Crippen LogP contribution in [0.3, 0.4) is 0 Å². The van der Waals surface area contributed by atoms with Crippen molar-refractivity contribution in [3.8, 4) is 11.5 Å². The van der Waals surface area contributed by atoms with Crippen LogP contribution in [0.2, 0.25) is 0 Å². The molecule has 0 spiro atoms. The molecule has 1 unspecified atom stereocenters. The van der Waals surface area contributed by atoms with Crippen LogP contribution in [0.5, 0.6) is 11.5 Å². The highest BCUT2D eigenvalue weighted by molar-refractivity contribution is 6.10. The zero-order valence-electron chi connectivity index (χ0n) is 22.8. The van der Waals surface area contributed by atoms with Gasteiger partial charge in [-0.2, -0.15) is 0 Å². The zero-order valence-corrected chi connectivity index (χ0v) is 22.8. The number of Topliss-reactive ketones (excluding diaryl/α,β-unsaturated/α-hetero) is 1. The van der Waals surface area contributed by atoms with Gasteiger partial charge in [-0.3, -0.25) is 9.59 Å². The summed E-state index contributed by atoms with van der Waals surface area (Å²) in [5.74, 6) is 0.498. The topological polar surface area (TPSA) is 76.7 Å². The molecule has 1 atom stereocenters. The van der Waals surface area contributed by atoms with E-state index < -0.39 is 5.92 Å². The predicted octanol–water partition coefficient (Wildman–Crippen LogP) is 6.52. The minimum Gasteiger partial charge on any atom is -0.495 e. The highest BCUT2D eigenvalue weighted by Crippen LogP contribution is 2.47. The number of ketones is 1. The molecule has 2 N–H and O–H groups in total. The number of carbonyl (C=O) groups excluding carboxylic acids is 2. The van der Waals surface area contributed by atoms with Gasteiger partial charge in [0.2, 0.25) is 0 Å². The molecule has 1 aliphatic heterocycles. The summed E-state index contributed by atoms with van der Waals surface area (Å²) in [6.07, 6.45) is 1.15. The fourth-order valence-corrected chi connectivity index (χ4v) is 5.53. The van der Waals surface area contributed by atoms with Gasteiger partial charge in [-0.15, -0.1) is 0 Å². The van der Waals surface area contributed by atoms with Gasteiger partial charge in [0.25, 0.3) is 5.91 Å². The van der Waals surface area contributed by atoms with E-state index in [9.17, 15) is 9.59 Å². The number of para-hydroxylation sites is 2. The van der Waals surface area contributed by atoms with E-state index in [0.717, 1.165) is 28.9 Å². The van der Waals surface area contributed by atoms with Crippen molar-refractivity contribution in [1.82, 2.24) is 5.32 Å². The Morgan fingerprint density at radius 2 is 1.74 bits per heavy atom. The lowest BCUT2D eigenvalue weighted by atomic mass is 9.68. The molecular formula is C33H34N2O4. The summed E-state index contributed by atoms with van der Waals surface area (Å²) in [6.45, 7) is 6.53. The molecule has 0 fully saturated rings. The number of allylic oxidation sites excluding steroid dienone is 3. The summed E-state index contributed by atoms with van der Waals surface area (Å²) >= 11 is 0. The van der Waals surface area contributed by atoms with Crippen LogP contribution in [0.25, 0.3) is 0 Å². The number of hydrogen-bond acceptors (Lipinski definition) is 5. The molecule has 1 heterocycles. The lowest BCUT2D eigenvalue weighted by Crippen LogP contribution is -2.39. The maximum atomic E-state index is 13.9. The summed E-state index contributed by atoms with van der Waals surface area (Å²) in [4.78, 5) is 27.6. The van der Waals surface area contributed by atoms with Gasteiger partial charge in [-0.1, -0.05) is 68.4 Å². The number of methoxy groups -OCH3 is 1. The maximum absolute atomic E-state index is 13.9. The molecule has 1 amide bonds. The standard InChI is InChI=1S/C33H34N2O4/c1-21-29(32(37)35-25-15-8-9-16-28(25)38-4)30(31-26(34-21)18-33(2,3)19-27(31)36)23-13-10-14-24(17-23)39-20-22-11-6-5-7-12-22/h5-17,30,34H,18-20H2,1-4H3,(H,35,37). The molecule has 0 aromatic heterocycles. The second kappa shape index (κ2) is 10.8. The molecule has 5 rings (SSSR count). The smallest absolute Gasteiger partial charge is 0.254 e. The molecule has 6 heteroatoms. The first-order chi connectivity index (χ1) is 18.8. The summed E-state index contributed by atoms with van der Waals surface area (Å²) in [5, 5.41) is 6.45. The third-order valence-electron chi connectivity index (χ3n) is 7.28. The molecule has 0 saturated heterocycles. The number of anilines is 1. The molecule has 0 bridgehead atoms. The van der Waals surface area contributed by atoms with Crippen LogP contribution >= 0.6 is 0 Å². The quantitative estimate of drug-likeness (QED) is 0.370. The Morgan fingerprint density at radius 1 is 1.00 bits per heavy atom. The minimum atomic E-state index is -0.528. The van der Waals surface area contributed by atoms with Gasteiger partial charge in [0.15, 0.2) is 5.78 Å². The molecule has 0 saturated carbocycles. The average Bonchev–Trinajstić information content (AvgIpc) is 2.91. The van der Waals surface area contributed by atoms with Crippen molar-refractivity contribution in [2.24, 2.45) is 5.41 Å². The Hall–Kier alpha value is -4.32. The SMILES string of the molecule is COc1ccccc1NC(=O)C1=C(C)NC2=C(C(=O)CC(C)(C)C2)C1c1cccc(OCc2ccccc2)c1. The number of rotatable bonds is 7. The molecule has 3 aromatic rings. The average molecular weight is 523 g/mol. The van der Waals surface area contributed by atoms with Crippen LogP contribution < -0.4 is 20.1 Å². The van der Waals surface area contributed by atoms with Gasteiger partial charge in [-0.25, -0.2) is 0 Å². The fourth-order valence-electron chi connectivity index (χ4n) is 5.53. The maximum Gasteiger partial charge on any atom is 0.254 e. The van der Waals surface area contributed by atoms with Crippen LogP contribution in [0.4, 0.5) is 5.69 Å². The lowest BCUT2D eigenvalue weighted by molar-refractivity contribution is -0.118. The number of amides is 1. The van der Waals surface area contributed by atoms with Crippen molar-refractivity contribution >= 4 is 17.4 Å². The Morgan fingerprint density at radius 3 is 2.51 bits per heavy atom. The third-order valence-corrected chi connectivity index (χ3v) is 7.28. The van der Waals surface area contributed by atoms with Crippen LogP contribution in [-0.4, -0.2) is 18.8 Å². The van der Waals surface area contributed by atoms with Gasteiger partial charge >= 0.3 is 0 Å². The van der Waals surface area contributed by atoms with E-state index in [4.69, 9.17) is 9.47 Å². The number of carbonyl (C=O) groups is 2. The van der Waals surface area contributed by atoms with E-state index in [0.29, 0.717) is 41.4 Å². The van der Waals surface area contributed by atoms with Crippen LogP contribution in [-0.2, 0) is 16.2 Å². The number of dihydropyridines is 1. The Balaban J connectivity index is 1.54. The summed E-state index contributed by atoms with van der Waals surface area (Å²) in [6, 6.07) is 25.0. The van der Waals surface area contributed by atoms with Crippen LogP contribution in [0.1, 0.15) is 50.7 Å². The fraction of sp³-hybridized carbons (Fsp3) is 0.273. The van der Waals surface area contributed by atoms with Gasteiger partial charge in [0.05, 0.1) is 12.8 Å². The Kier molecular flexibility index (Phi) is 7.29. The molecule has 200 valence electrons. The Labute approximate surface area is 229 Å². The van der Waals surface area contributed by atoms with Gasteiger partial charge < -0.3 is 20.1 Å². The van der Waals surface area contributed by atoms with Crippen LogP contribution in [0.15, 0.2) is 101 Å². The largest absolute Gasteiger partial charge is 0.495 e. The molecule has 1 aliphatic carbocycles. The summed E-state index contributed by atoms with van der Waals surface area (Å²) in [7, 11) is 1.57. The molecule has 39 heavy (non-hydrogen) atoms. The Bertz CT molecular complexity index is 1470. The normalized spacial score (nSPS) is 18.3. The second-order valence-corrected chi connectivity index (χ2v) is 10.9. The highest BCUT2D eigenvalue weighted by atomic mass is 16.5. The van der Waals surface area contributed by atoms with Crippen molar-refractivity contribution in [2.45, 2.75) is 46.1 Å². The van der Waals surface area contributed by atoms with Crippen molar-refractivity contribution < 1.29 is 19.1 Å². The number of hydrogen-bond donors (Lipinski definition) is 2. The monoisotopic (exact) mass is 522 g/mol. The van der Waals surface area contributed by atoms with Gasteiger partial charge in [-0.05, 0) is 54.2 Å². The highest BCUT2D eigenvalue weighted by Gasteiger charge is 2.42. The first-order valence-corrected chi connectivity index (χ1v) is 13.2. The number of ether oxygens (including phenoxy) is 2. The lowest BCUT2D eigenvalue weighted by Gasteiger charge is -2.39. The van der Waals surface area contributed by atoms with E-state index in [-0.39, 0.29) is 17.1 Å². The zero-order chi connectivity index (χ0) is 27.6. The van der Waals surface area contributed by atoms with Crippen LogP contribution in [0, 0.1) is 5.41 Å². The minimum absolute atomic E-state index is 0.0597. The van der Waals surface area contributed by atoms with E-state index in [1.54, 1.807) is 19.2 Å². The first kappa shape index (κ1) is 26.3. The molecule has 6 nitrogen and oxygen atoms in total. The van der Waals surface area contributed by atoms with Crippen molar-refractivity contribution in [1.29, 1.82) is 0 Å². The number of nitrogens with one attached hydrogen (secondary N) is 2. The molecule has 2 aliphatic rings. The van der Waals surface area contributed by atoms with Gasteiger partial charge in [0.1, 0.15) is 18.1 Å². The molecule has 0 radical (unpaired) electrons. The summed E-state index contributed by atoms with van der Waals surface area (Å²) < 4.78 is 11.6. The van der Waals surface area contributed by atoms with E-state index in [2.05, 4.69) is 24.5 Å². The number of benzene rings is 3. The van der Waals surface area contributed by atoms with Gasteiger partial charge in [0, 0.05) is 34.9 Å². The van der Waals surface area contributed by atoms with E-state index in [1.807, 2.05) is 73.7 Å². The van der Waals surface area contributed by atoms with Crippen molar-refractivity contribution in [3.63, 3.8) is 0 Å². The van der Waals surface area contributed by atoms with E-state index >= 15 is 0 Å². The van der Waals surface area contributed by atoms with E-state index in [1.165, 1.54) is 0 Å². The van der Waals surface area contributed by atoms with Crippen molar-refractivity contribution in [3.05, 3.63) is 113 Å². The second-order valence-electron chi connectivity index (χ2n) is 10.9. The molecular weight excluding hydrogens is 488 g/mol.